The number of nitrogens with one attached hydrogen (secondary N) is 1. The predicted molar refractivity (Wildman–Crippen MR) is 74.7 cm³/mol. The molecule has 1 aliphatic carbocycles. The van der Waals surface area contributed by atoms with Crippen molar-refractivity contribution in [1.82, 2.24) is 4.98 Å². The molecule has 100 valence electrons. The summed E-state index contributed by atoms with van der Waals surface area (Å²) in [4.78, 5) is 17.7. The molecule has 0 saturated heterocycles. The molecule has 1 aromatic rings. The number of carbonyl (C=O) groups excluding carboxylic acids is 1. The summed E-state index contributed by atoms with van der Waals surface area (Å²) in [6.45, 7) is 6.05. The van der Waals surface area contributed by atoms with Crippen LogP contribution in [-0.2, 0) is 17.6 Å². The molecule has 0 saturated carbocycles. The first-order valence-electron chi connectivity index (χ1n) is 6.52. The Bertz CT molecular complexity index is 441. The molecular weight excluding hydrogens is 246 g/mol. The second kappa shape index (κ2) is 5.36. The second-order valence-electron chi connectivity index (χ2n) is 5.41. The Kier molecular flexibility index (Phi) is 4.02. The van der Waals surface area contributed by atoms with Crippen molar-refractivity contribution in [3.63, 3.8) is 0 Å². The van der Waals surface area contributed by atoms with Crippen LogP contribution in [0, 0.1) is 11.8 Å². The summed E-state index contributed by atoms with van der Waals surface area (Å²) in [5.41, 5.74) is 7.06. The van der Waals surface area contributed by atoms with Crippen molar-refractivity contribution in [3.05, 3.63) is 10.6 Å². The van der Waals surface area contributed by atoms with E-state index in [0.717, 1.165) is 30.1 Å². The molecule has 2 atom stereocenters. The molecule has 2 rings (SSSR count). The van der Waals surface area contributed by atoms with E-state index < -0.39 is 0 Å². The van der Waals surface area contributed by atoms with Gasteiger partial charge >= 0.3 is 0 Å². The van der Waals surface area contributed by atoms with Crippen molar-refractivity contribution in [1.29, 1.82) is 0 Å². The van der Waals surface area contributed by atoms with Crippen LogP contribution in [0.15, 0.2) is 0 Å². The summed E-state index contributed by atoms with van der Waals surface area (Å²) in [7, 11) is 0. The number of amides is 1. The molecule has 1 aliphatic rings. The van der Waals surface area contributed by atoms with Crippen molar-refractivity contribution in [2.45, 2.75) is 46.1 Å². The van der Waals surface area contributed by atoms with E-state index in [0.29, 0.717) is 5.92 Å². The molecule has 1 aromatic heterocycles. The Morgan fingerprint density at radius 2 is 2.22 bits per heavy atom. The zero-order valence-corrected chi connectivity index (χ0v) is 12.0. The quantitative estimate of drug-likeness (QED) is 0.882. The van der Waals surface area contributed by atoms with E-state index in [1.54, 1.807) is 11.3 Å². The van der Waals surface area contributed by atoms with Crippen LogP contribution in [-0.4, -0.2) is 16.9 Å². The maximum atomic E-state index is 12.0. The summed E-state index contributed by atoms with van der Waals surface area (Å²) < 4.78 is 0. The molecule has 3 N–H and O–H groups in total. The highest BCUT2D eigenvalue weighted by atomic mass is 32.1. The Balaban J connectivity index is 2.05. The van der Waals surface area contributed by atoms with E-state index in [-0.39, 0.29) is 17.9 Å². The Hall–Kier alpha value is -0.940. The molecule has 1 heterocycles. The summed E-state index contributed by atoms with van der Waals surface area (Å²) >= 11 is 1.57. The zero-order chi connectivity index (χ0) is 13.3. The summed E-state index contributed by atoms with van der Waals surface area (Å²) in [5.74, 6) is 0.404. The van der Waals surface area contributed by atoms with E-state index in [2.05, 4.69) is 24.1 Å². The number of rotatable bonds is 3. The average Bonchev–Trinajstić information content (AvgIpc) is 2.68. The topological polar surface area (TPSA) is 68.0 Å². The maximum Gasteiger partial charge on any atom is 0.229 e. The van der Waals surface area contributed by atoms with Crippen molar-refractivity contribution in [2.75, 3.05) is 5.32 Å². The molecule has 4 nitrogen and oxygen atoms in total. The third-order valence-corrected chi connectivity index (χ3v) is 4.66. The third kappa shape index (κ3) is 2.90. The van der Waals surface area contributed by atoms with Gasteiger partial charge in [-0.1, -0.05) is 20.8 Å². The standard InChI is InChI=1S/C13H21N3OS/c1-7(2)8(3)12(17)16-13-15-10-5-4-9(14)6-11(10)18-13/h7-9H,4-6,14H2,1-3H3,(H,15,16,17)/t8?,9-/m0/s1. The first-order valence-corrected chi connectivity index (χ1v) is 7.34. The fraction of sp³-hybridized carbons (Fsp3) is 0.692. The predicted octanol–water partition coefficient (Wildman–Crippen LogP) is 2.19. The van der Waals surface area contributed by atoms with Gasteiger partial charge in [0.25, 0.3) is 0 Å². The van der Waals surface area contributed by atoms with Gasteiger partial charge < -0.3 is 11.1 Å². The van der Waals surface area contributed by atoms with Crippen molar-refractivity contribution < 1.29 is 4.79 Å². The van der Waals surface area contributed by atoms with Gasteiger partial charge in [0.15, 0.2) is 5.13 Å². The lowest BCUT2D eigenvalue weighted by atomic mass is 9.97. The lowest BCUT2D eigenvalue weighted by Gasteiger charge is -2.15. The summed E-state index contributed by atoms with van der Waals surface area (Å²) in [5, 5.41) is 3.65. The number of hydrogen-bond acceptors (Lipinski definition) is 4. The van der Waals surface area contributed by atoms with Gasteiger partial charge in [0, 0.05) is 16.8 Å². The van der Waals surface area contributed by atoms with Crippen LogP contribution in [0.5, 0.6) is 0 Å². The van der Waals surface area contributed by atoms with E-state index in [1.807, 2.05) is 6.92 Å². The Morgan fingerprint density at radius 1 is 1.50 bits per heavy atom. The van der Waals surface area contributed by atoms with Crippen LogP contribution in [0.1, 0.15) is 37.8 Å². The monoisotopic (exact) mass is 267 g/mol. The molecule has 0 spiro atoms. The van der Waals surface area contributed by atoms with Crippen LogP contribution in [0.4, 0.5) is 5.13 Å². The molecular formula is C13H21N3OS. The molecule has 0 bridgehead atoms. The van der Waals surface area contributed by atoms with Gasteiger partial charge in [-0.15, -0.1) is 11.3 Å². The minimum Gasteiger partial charge on any atom is -0.327 e. The zero-order valence-electron chi connectivity index (χ0n) is 11.2. The largest absolute Gasteiger partial charge is 0.327 e. The van der Waals surface area contributed by atoms with E-state index in [4.69, 9.17) is 5.73 Å². The highest BCUT2D eigenvalue weighted by Gasteiger charge is 2.22. The SMILES string of the molecule is CC(C)C(C)C(=O)Nc1nc2c(s1)C[C@@H](N)CC2. The number of aromatic nitrogens is 1. The normalized spacial score (nSPS) is 20.6. The number of fused-ring (bicyclic) bond motifs is 1. The van der Waals surface area contributed by atoms with E-state index in [1.165, 1.54) is 4.88 Å². The summed E-state index contributed by atoms with van der Waals surface area (Å²) in [6, 6.07) is 0.246. The first-order chi connectivity index (χ1) is 8.47. The van der Waals surface area contributed by atoms with Gasteiger partial charge in [0.1, 0.15) is 0 Å². The molecule has 18 heavy (non-hydrogen) atoms. The first kappa shape index (κ1) is 13.5. The Morgan fingerprint density at radius 3 is 2.89 bits per heavy atom. The number of hydrogen-bond donors (Lipinski definition) is 2. The molecule has 0 radical (unpaired) electrons. The van der Waals surface area contributed by atoms with Crippen LogP contribution < -0.4 is 11.1 Å². The van der Waals surface area contributed by atoms with Gasteiger partial charge in [-0.2, -0.15) is 0 Å². The fourth-order valence-corrected chi connectivity index (χ4v) is 3.08. The lowest BCUT2D eigenvalue weighted by molar-refractivity contribution is -0.120. The molecule has 5 heteroatoms. The van der Waals surface area contributed by atoms with E-state index in [9.17, 15) is 4.79 Å². The number of nitrogens with two attached hydrogens (primary N) is 1. The van der Waals surface area contributed by atoms with Crippen molar-refractivity contribution in [3.8, 4) is 0 Å². The van der Waals surface area contributed by atoms with Gasteiger partial charge in [0.05, 0.1) is 5.69 Å². The number of thiazole rings is 1. The highest BCUT2D eigenvalue weighted by Crippen LogP contribution is 2.29. The van der Waals surface area contributed by atoms with Crippen molar-refractivity contribution >= 4 is 22.4 Å². The smallest absolute Gasteiger partial charge is 0.229 e. The van der Waals surface area contributed by atoms with Crippen molar-refractivity contribution in [2.24, 2.45) is 17.6 Å². The summed E-state index contributed by atoms with van der Waals surface area (Å²) in [6.07, 6.45) is 2.82. The number of carbonyl (C=O) groups is 1. The minimum absolute atomic E-state index is 0.00758. The minimum atomic E-state index is 0.00758. The molecule has 0 aliphatic heterocycles. The maximum absolute atomic E-state index is 12.0. The molecule has 0 fully saturated rings. The molecule has 1 unspecified atom stereocenters. The number of nitrogens with zero attached hydrogens (tertiary/aromatic N) is 1. The van der Waals surface area contributed by atoms with Gasteiger partial charge in [-0.05, 0) is 25.2 Å². The number of aryl methyl sites for hydroxylation is 1. The number of anilines is 1. The van der Waals surface area contributed by atoms with Gasteiger partial charge in [-0.25, -0.2) is 4.98 Å². The van der Waals surface area contributed by atoms with Crippen LogP contribution in [0.3, 0.4) is 0 Å². The van der Waals surface area contributed by atoms with Gasteiger partial charge in [0.2, 0.25) is 5.91 Å². The van der Waals surface area contributed by atoms with Crippen LogP contribution >= 0.6 is 11.3 Å². The van der Waals surface area contributed by atoms with E-state index >= 15 is 0 Å². The highest BCUT2D eigenvalue weighted by molar-refractivity contribution is 7.15. The lowest BCUT2D eigenvalue weighted by Crippen LogP contribution is -2.27. The fourth-order valence-electron chi connectivity index (χ4n) is 1.98. The van der Waals surface area contributed by atoms with Gasteiger partial charge in [-0.3, -0.25) is 4.79 Å². The molecule has 0 aromatic carbocycles. The average molecular weight is 267 g/mol. The Labute approximate surface area is 112 Å². The third-order valence-electron chi connectivity index (χ3n) is 3.62. The van der Waals surface area contributed by atoms with Crippen LogP contribution in [0.25, 0.3) is 0 Å². The second-order valence-corrected chi connectivity index (χ2v) is 6.50. The molecule has 1 amide bonds. The van der Waals surface area contributed by atoms with Crippen LogP contribution in [0.2, 0.25) is 0 Å².